The molecule has 0 heterocycles. The van der Waals surface area contributed by atoms with E-state index in [1.54, 1.807) is 26.4 Å². The van der Waals surface area contributed by atoms with E-state index in [1.165, 1.54) is 0 Å². The second-order valence-corrected chi connectivity index (χ2v) is 4.71. The van der Waals surface area contributed by atoms with Crippen LogP contribution in [0.4, 0.5) is 10.5 Å². The van der Waals surface area contributed by atoms with E-state index in [0.29, 0.717) is 24.6 Å². The number of amides is 2. The summed E-state index contributed by atoms with van der Waals surface area (Å²) < 4.78 is 10.4. The number of hydrogen-bond donors (Lipinski definition) is 2. The van der Waals surface area contributed by atoms with Crippen molar-refractivity contribution in [3.05, 3.63) is 59.7 Å². The molecule has 2 rings (SSSR count). The van der Waals surface area contributed by atoms with E-state index in [2.05, 4.69) is 10.6 Å². The van der Waals surface area contributed by atoms with Gasteiger partial charge in [-0.3, -0.25) is 0 Å². The Labute approximate surface area is 130 Å². The van der Waals surface area contributed by atoms with Crippen molar-refractivity contribution in [2.24, 2.45) is 0 Å². The van der Waals surface area contributed by atoms with Crippen molar-refractivity contribution < 1.29 is 14.3 Å². The summed E-state index contributed by atoms with van der Waals surface area (Å²) in [6.45, 7) is 0.951. The molecule has 0 saturated heterocycles. The number of rotatable bonds is 6. The van der Waals surface area contributed by atoms with Crippen molar-refractivity contribution in [1.82, 2.24) is 5.32 Å². The zero-order valence-corrected chi connectivity index (χ0v) is 12.8. The van der Waals surface area contributed by atoms with Crippen LogP contribution in [0.1, 0.15) is 11.1 Å². The summed E-state index contributed by atoms with van der Waals surface area (Å²) in [5.74, 6) is 0.623. The first-order chi connectivity index (χ1) is 10.7. The van der Waals surface area contributed by atoms with E-state index in [9.17, 15) is 4.79 Å². The summed E-state index contributed by atoms with van der Waals surface area (Å²) in [7, 11) is 3.22. The summed E-state index contributed by atoms with van der Waals surface area (Å²) in [5, 5.41) is 5.61. The number of urea groups is 1. The molecule has 0 aliphatic carbocycles. The van der Waals surface area contributed by atoms with Crippen LogP contribution in [0.25, 0.3) is 0 Å². The van der Waals surface area contributed by atoms with Crippen molar-refractivity contribution >= 4 is 11.7 Å². The lowest BCUT2D eigenvalue weighted by atomic mass is 10.1. The molecule has 22 heavy (non-hydrogen) atoms. The molecule has 0 radical (unpaired) electrons. The molecular weight excluding hydrogens is 280 g/mol. The Morgan fingerprint density at radius 1 is 1.00 bits per heavy atom. The SMILES string of the molecule is COCc1ccccc1CNC(=O)Nc1ccccc1OC. The molecule has 0 aliphatic rings. The lowest BCUT2D eigenvalue weighted by Gasteiger charge is -2.12. The fourth-order valence-corrected chi connectivity index (χ4v) is 2.12. The Balaban J connectivity index is 1.96. The first-order valence-electron chi connectivity index (χ1n) is 6.98. The average molecular weight is 300 g/mol. The normalized spacial score (nSPS) is 10.1. The van der Waals surface area contributed by atoms with E-state index in [0.717, 1.165) is 11.1 Å². The van der Waals surface area contributed by atoms with Crippen LogP contribution in [0.3, 0.4) is 0 Å². The molecule has 0 saturated carbocycles. The van der Waals surface area contributed by atoms with Crippen LogP contribution in [0.15, 0.2) is 48.5 Å². The fraction of sp³-hybridized carbons (Fsp3) is 0.235. The highest BCUT2D eigenvalue weighted by Gasteiger charge is 2.07. The van der Waals surface area contributed by atoms with Gasteiger partial charge in [0.15, 0.2) is 0 Å². The molecule has 116 valence electrons. The van der Waals surface area contributed by atoms with Gasteiger partial charge in [-0.2, -0.15) is 0 Å². The summed E-state index contributed by atoms with van der Waals surface area (Å²) in [6, 6.07) is 14.8. The standard InChI is InChI=1S/C17H20N2O3/c1-21-12-14-8-4-3-7-13(14)11-18-17(20)19-15-9-5-6-10-16(15)22-2/h3-10H,11-12H2,1-2H3,(H2,18,19,20). The predicted molar refractivity (Wildman–Crippen MR) is 86.0 cm³/mol. The van der Waals surface area contributed by atoms with Crippen LogP contribution in [-0.4, -0.2) is 20.3 Å². The first kappa shape index (κ1) is 15.9. The number of benzene rings is 2. The quantitative estimate of drug-likeness (QED) is 0.861. The summed E-state index contributed by atoms with van der Waals surface area (Å²) in [4.78, 5) is 12.0. The first-order valence-corrected chi connectivity index (χ1v) is 6.98. The van der Waals surface area contributed by atoms with Gasteiger partial charge in [0.1, 0.15) is 5.75 Å². The monoisotopic (exact) mass is 300 g/mol. The highest BCUT2D eigenvalue weighted by Crippen LogP contribution is 2.22. The molecule has 2 aromatic rings. The molecule has 0 unspecified atom stereocenters. The topological polar surface area (TPSA) is 59.6 Å². The lowest BCUT2D eigenvalue weighted by molar-refractivity contribution is 0.184. The number of methoxy groups -OCH3 is 2. The highest BCUT2D eigenvalue weighted by atomic mass is 16.5. The Morgan fingerprint density at radius 2 is 1.68 bits per heavy atom. The smallest absolute Gasteiger partial charge is 0.319 e. The number of nitrogens with one attached hydrogen (secondary N) is 2. The van der Waals surface area contributed by atoms with E-state index >= 15 is 0 Å². The van der Waals surface area contributed by atoms with Gasteiger partial charge in [-0.1, -0.05) is 36.4 Å². The van der Waals surface area contributed by atoms with Gasteiger partial charge >= 0.3 is 6.03 Å². The van der Waals surface area contributed by atoms with Gasteiger partial charge in [0.05, 0.1) is 19.4 Å². The molecule has 0 aliphatic heterocycles. The van der Waals surface area contributed by atoms with Crippen molar-refractivity contribution in [1.29, 1.82) is 0 Å². The Hall–Kier alpha value is -2.53. The molecule has 0 spiro atoms. The second kappa shape index (κ2) is 8.05. The van der Waals surface area contributed by atoms with Gasteiger partial charge in [-0.05, 0) is 23.3 Å². The maximum Gasteiger partial charge on any atom is 0.319 e. The maximum atomic E-state index is 12.0. The number of anilines is 1. The summed E-state index contributed by atoms with van der Waals surface area (Å²) in [6.07, 6.45) is 0. The molecule has 2 amide bonds. The lowest BCUT2D eigenvalue weighted by Crippen LogP contribution is -2.28. The van der Waals surface area contributed by atoms with Gasteiger partial charge < -0.3 is 20.1 Å². The maximum absolute atomic E-state index is 12.0. The van der Waals surface area contributed by atoms with E-state index < -0.39 is 0 Å². The Kier molecular flexibility index (Phi) is 5.80. The Bertz CT molecular complexity index is 629. The second-order valence-electron chi connectivity index (χ2n) is 4.71. The molecule has 0 fully saturated rings. The van der Waals surface area contributed by atoms with E-state index in [1.807, 2.05) is 36.4 Å². The number of para-hydroxylation sites is 2. The molecule has 0 aromatic heterocycles. The van der Waals surface area contributed by atoms with Crippen molar-refractivity contribution in [2.75, 3.05) is 19.5 Å². The third-order valence-electron chi connectivity index (χ3n) is 3.21. The van der Waals surface area contributed by atoms with E-state index in [4.69, 9.17) is 9.47 Å². The van der Waals surface area contributed by atoms with Crippen LogP contribution < -0.4 is 15.4 Å². The van der Waals surface area contributed by atoms with Crippen LogP contribution >= 0.6 is 0 Å². The molecule has 2 N–H and O–H groups in total. The third kappa shape index (κ3) is 4.23. The minimum atomic E-state index is -0.281. The third-order valence-corrected chi connectivity index (χ3v) is 3.21. The average Bonchev–Trinajstić information content (AvgIpc) is 2.55. The molecule has 0 bridgehead atoms. The number of carbonyl (C=O) groups excluding carboxylic acids is 1. The van der Waals surface area contributed by atoms with Crippen LogP contribution in [0, 0.1) is 0 Å². The van der Waals surface area contributed by atoms with Crippen molar-refractivity contribution in [2.45, 2.75) is 13.2 Å². The van der Waals surface area contributed by atoms with Crippen LogP contribution in [0.2, 0.25) is 0 Å². The molecule has 5 nitrogen and oxygen atoms in total. The molecular formula is C17H20N2O3. The zero-order chi connectivity index (χ0) is 15.8. The van der Waals surface area contributed by atoms with Crippen LogP contribution in [0.5, 0.6) is 5.75 Å². The summed E-state index contributed by atoms with van der Waals surface area (Å²) >= 11 is 0. The fourth-order valence-electron chi connectivity index (χ4n) is 2.12. The van der Waals surface area contributed by atoms with Gasteiger partial charge in [0.25, 0.3) is 0 Å². The van der Waals surface area contributed by atoms with E-state index in [-0.39, 0.29) is 6.03 Å². The summed E-state index contributed by atoms with van der Waals surface area (Å²) in [5.41, 5.74) is 2.72. The predicted octanol–water partition coefficient (Wildman–Crippen LogP) is 3.16. The number of carbonyl (C=O) groups is 1. The minimum Gasteiger partial charge on any atom is -0.495 e. The zero-order valence-electron chi connectivity index (χ0n) is 12.8. The number of hydrogen-bond acceptors (Lipinski definition) is 3. The van der Waals surface area contributed by atoms with Gasteiger partial charge in [0.2, 0.25) is 0 Å². The van der Waals surface area contributed by atoms with Gasteiger partial charge in [0, 0.05) is 13.7 Å². The number of ether oxygens (including phenoxy) is 2. The van der Waals surface area contributed by atoms with Gasteiger partial charge in [-0.25, -0.2) is 4.79 Å². The highest BCUT2D eigenvalue weighted by molar-refractivity contribution is 5.90. The largest absolute Gasteiger partial charge is 0.495 e. The Morgan fingerprint density at radius 3 is 2.41 bits per heavy atom. The van der Waals surface area contributed by atoms with Crippen LogP contribution in [-0.2, 0) is 17.9 Å². The molecule has 0 atom stereocenters. The molecule has 5 heteroatoms. The van der Waals surface area contributed by atoms with Crippen molar-refractivity contribution in [3.63, 3.8) is 0 Å². The van der Waals surface area contributed by atoms with Gasteiger partial charge in [-0.15, -0.1) is 0 Å². The minimum absolute atomic E-state index is 0.281. The molecule has 2 aromatic carbocycles. The van der Waals surface area contributed by atoms with Crippen molar-refractivity contribution in [3.8, 4) is 5.75 Å².